The zero-order chi connectivity index (χ0) is 12.8. The first-order chi connectivity index (χ1) is 8.75. The first kappa shape index (κ1) is 13.8. The maximum absolute atomic E-state index is 11.9. The Balaban J connectivity index is 1.59. The van der Waals surface area contributed by atoms with Crippen molar-refractivity contribution in [3.05, 3.63) is 0 Å². The average molecular weight is 256 g/mol. The molecule has 1 aliphatic carbocycles. The topological polar surface area (TPSA) is 61.8 Å². The van der Waals surface area contributed by atoms with Gasteiger partial charge >= 0.3 is 0 Å². The highest BCUT2D eigenvalue weighted by Gasteiger charge is 2.24. The SMILES string of the molecule is O=C(NCCN1CCOCC1)C1CCC(O)CC1. The van der Waals surface area contributed by atoms with Crippen LogP contribution in [0, 0.1) is 5.92 Å². The van der Waals surface area contributed by atoms with Crippen molar-refractivity contribution < 1.29 is 14.6 Å². The fourth-order valence-electron chi connectivity index (χ4n) is 2.64. The highest BCUT2D eigenvalue weighted by Crippen LogP contribution is 2.24. The number of carbonyl (C=O) groups is 1. The molecule has 18 heavy (non-hydrogen) atoms. The van der Waals surface area contributed by atoms with Gasteiger partial charge < -0.3 is 15.2 Å². The molecule has 2 aliphatic rings. The van der Waals surface area contributed by atoms with Crippen LogP contribution in [0.3, 0.4) is 0 Å². The van der Waals surface area contributed by atoms with Crippen LogP contribution in [-0.4, -0.2) is 61.4 Å². The van der Waals surface area contributed by atoms with Gasteiger partial charge in [0.1, 0.15) is 0 Å². The monoisotopic (exact) mass is 256 g/mol. The molecule has 1 aliphatic heterocycles. The number of morpholine rings is 1. The molecule has 1 amide bonds. The predicted molar refractivity (Wildman–Crippen MR) is 68.2 cm³/mol. The highest BCUT2D eigenvalue weighted by atomic mass is 16.5. The molecule has 0 spiro atoms. The van der Waals surface area contributed by atoms with Crippen LogP contribution in [0.25, 0.3) is 0 Å². The molecule has 0 unspecified atom stereocenters. The zero-order valence-corrected chi connectivity index (χ0v) is 10.9. The highest BCUT2D eigenvalue weighted by molar-refractivity contribution is 5.78. The van der Waals surface area contributed by atoms with E-state index in [0.29, 0.717) is 0 Å². The standard InChI is InChI=1S/C13H24N2O3/c16-12-3-1-11(2-4-12)13(17)14-5-6-15-7-9-18-10-8-15/h11-12,16H,1-10H2,(H,14,17). The van der Waals surface area contributed by atoms with E-state index < -0.39 is 0 Å². The molecule has 2 N–H and O–H groups in total. The number of hydrogen-bond donors (Lipinski definition) is 2. The minimum atomic E-state index is -0.192. The second-order valence-corrected chi connectivity index (χ2v) is 5.25. The first-order valence-electron chi connectivity index (χ1n) is 7.01. The number of hydrogen-bond acceptors (Lipinski definition) is 4. The molecule has 5 nitrogen and oxygen atoms in total. The molecule has 5 heteroatoms. The lowest BCUT2D eigenvalue weighted by Crippen LogP contribution is -2.42. The molecule has 0 atom stereocenters. The van der Waals surface area contributed by atoms with Crippen LogP contribution in [0.2, 0.25) is 0 Å². The van der Waals surface area contributed by atoms with Crippen LogP contribution < -0.4 is 5.32 Å². The normalized spacial score (nSPS) is 30.1. The summed E-state index contributed by atoms with van der Waals surface area (Å²) in [5.74, 6) is 0.272. The summed E-state index contributed by atoms with van der Waals surface area (Å²) >= 11 is 0. The molecular weight excluding hydrogens is 232 g/mol. The van der Waals surface area contributed by atoms with Crippen LogP contribution in [0.5, 0.6) is 0 Å². The molecule has 0 aromatic carbocycles. The van der Waals surface area contributed by atoms with E-state index in [1.54, 1.807) is 0 Å². The third-order valence-corrected chi connectivity index (χ3v) is 3.90. The lowest BCUT2D eigenvalue weighted by atomic mass is 9.87. The van der Waals surface area contributed by atoms with Gasteiger partial charge in [-0.2, -0.15) is 0 Å². The molecule has 0 aromatic rings. The number of amides is 1. The van der Waals surface area contributed by atoms with E-state index in [9.17, 15) is 9.90 Å². The Labute approximate surface area is 108 Å². The third kappa shape index (κ3) is 4.23. The van der Waals surface area contributed by atoms with Crippen LogP contribution in [0.1, 0.15) is 25.7 Å². The van der Waals surface area contributed by atoms with Gasteiger partial charge in [-0.3, -0.25) is 9.69 Å². The van der Waals surface area contributed by atoms with E-state index >= 15 is 0 Å². The van der Waals surface area contributed by atoms with Gasteiger partial charge in [0.15, 0.2) is 0 Å². The van der Waals surface area contributed by atoms with E-state index in [2.05, 4.69) is 10.2 Å². The first-order valence-corrected chi connectivity index (χ1v) is 7.01. The number of nitrogens with one attached hydrogen (secondary N) is 1. The van der Waals surface area contributed by atoms with E-state index in [4.69, 9.17) is 4.74 Å². The molecular formula is C13H24N2O3. The van der Waals surface area contributed by atoms with Gasteiger partial charge in [-0.15, -0.1) is 0 Å². The Morgan fingerprint density at radius 2 is 1.89 bits per heavy atom. The summed E-state index contributed by atoms with van der Waals surface area (Å²) in [6.45, 7) is 5.15. The van der Waals surface area contributed by atoms with E-state index in [0.717, 1.165) is 65.1 Å². The fourth-order valence-corrected chi connectivity index (χ4v) is 2.64. The molecule has 0 aromatic heterocycles. The van der Waals surface area contributed by atoms with Crippen LogP contribution in [0.15, 0.2) is 0 Å². The molecule has 1 heterocycles. The third-order valence-electron chi connectivity index (χ3n) is 3.90. The Morgan fingerprint density at radius 1 is 1.22 bits per heavy atom. The molecule has 0 radical (unpaired) electrons. The van der Waals surface area contributed by atoms with Gasteiger partial charge in [0.05, 0.1) is 19.3 Å². The largest absolute Gasteiger partial charge is 0.393 e. The number of carbonyl (C=O) groups excluding carboxylic acids is 1. The van der Waals surface area contributed by atoms with Crippen molar-refractivity contribution in [3.63, 3.8) is 0 Å². The minimum absolute atomic E-state index is 0.109. The fraction of sp³-hybridized carbons (Fsp3) is 0.923. The van der Waals surface area contributed by atoms with Crippen molar-refractivity contribution in [2.45, 2.75) is 31.8 Å². The maximum atomic E-state index is 11.9. The smallest absolute Gasteiger partial charge is 0.223 e. The zero-order valence-electron chi connectivity index (χ0n) is 10.9. The summed E-state index contributed by atoms with van der Waals surface area (Å²) < 4.78 is 5.28. The van der Waals surface area contributed by atoms with Crippen LogP contribution >= 0.6 is 0 Å². The van der Waals surface area contributed by atoms with Gasteiger partial charge in [-0.25, -0.2) is 0 Å². The molecule has 2 rings (SSSR count). The summed E-state index contributed by atoms with van der Waals surface area (Å²) in [6.07, 6.45) is 2.99. The lowest BCUT2D eigenvalue weighted by molar-refractivity contribution is -0.126. The number of ether oxygens (including phenoxy) is 1. The summed E-state index contributed by atoms with van der Waals surface area (Å²) in [6, 6.07) is 0. The Hall–Kier alpha value is -0.650. The van der Waals surface area contributed by atoms with Crippen molar-refractivity contribution in [2.75, 3.05) is 39.4 Å². The van der Waals surface area contributed by atoms with Crippen molar-refractivity contribution in [1.29, 1.82) is 0 Å². The quantitative estimate of drug-likeness (QED) is 0.742. The number of rotatable bonds is 4. The van der Waals surface area contributed by atoms with Gasteiger partial charge in [0.2, 0.25) is 5.91 Å². The van der Waals surface area contributed by atoms with E-state index in [1.165, 1.54) is 0 Å². The van der Waals surface area contributed by atoms with E-state index in [1.807, 2.05) is 0 Å². The predicted octanol–water partition coefficient (Wildman–Crippen LogP) is -0.0141. The van der Waals surface area contributed by atoms with Crippen molar-refractivity contribution >= 4 is 5.91 Å². The average Bonchev–Trinajstić information content (AvgIpc) is 2.40. The summed E-state index contributed by atoms with van der Waals surface area (Å²) in [5.41, 5.74) is 0. The number of aliphatic hydroxyl groups excluding tert-OH is 1. The van der Waals surface area contributed by atoms with Gasteiger partial charge in [0.25, 0.3) is 0 Å². The second-order valence-electron chi connectivity index (χ2n) is 5.25. The summed E-state index contributed by atoms with van der Waals surface area (Å²) in [4.78, 5) is 14.2. The number of aliphatic hydroxyl groups is 1. The lowest BCUT2D eigenvalue weighted by Gasteiger charge is -2.27. The van der Waals surface area contributed by atoms with Crippen LogP contribution in [-0.2, 0) is 9.53 Å². The van der Waals surface area contributed by atoms with Gasteiger partial charge in [-0.05, 0) is 25.7 Å². The maximum Gasteiger partial charge on any atom is 0.223 e. The van der Waals surface area contributed by atoms with Crippen LogP contribution in [0.4, 0.5) is 0 Å². The Bertz CT molecular complexity index is 259. The van der Waals surface area contributed by atoms with Crippen molar-refractivity contribution in [2.24, 2.45) is 5.92 Å². The molecule has 0 bridgehead atoms. The minimum Gasteiger partial charge on any atom is -0.393 e. The van der Waals surface area contributed by atoms with Crippen molar-refractivity contribution in [1.82, 2.24) is 10.2 Å². The Morgan fingerprint density at radius 3 is 2.56 bits per heavy atom. The molecule has 1 saturated carbocycles. The molecule has 104 valence electrons. The Kier molecular flexibility index (Phi) is 5.41. The van der Waals surface area contributed by atoms with Gasteiger partial charge in [-0.1, -0.05) is 0 Å². The van der Waals surface area contributed by atoms with Crippen molar-refractivity contribution in [3.8, 4) is 0 Å². The summed E-state index contributed by atoms with van der Waals surface area (Å²) in [5, 5.41) is 12.4. The van der Waals surface area contributed by atoms with Gasteiger partial charge in [0, 0.05) is 32.1 Å². The summed E-state index contributed by atoms with van der Waals surface area (Å²) in [7, 11) is 0. The van der Waals surface area contributed by atoms with E-state index in [-0.39, 0.29) is 17.9 Å². The molecule has 2 fully saturated rings. The number of nitrogens with zero attached hydrogens (tertiary/aromatic N) is 1. The molecule has 1 saturated heterocycles. The second kappa shape index (κ2) is 7.07.